The summed E-state index contributed by atoms with van der Waals surface area (Å²) in [7, 11) is -3.26. The van der Waals surface area contributed by atoms with Gasteiger partial charge in [-0.15, -0.1) is 0 Å². The van der Waals surface area contributed by atoms with Crippen LogP contribution < -0.4 is 0 Å². The van der Waals surface area contributed by atoms with Crippen LogP contribution in [0, 0.1) is 0 Å². The molecule has 0 unspecified atom stereocenters. The third-order valence-corrected chi connectivity index (χ3v) is 30.8. The number of benzene rings is 20. The van der Waals surface area contributed by atoms with E-state index in [-0.39, 0.29) is 5.78 Å². The number of furan rings is 1. The van der Waals surface area contributed by atoms with Crippen LogP contribution in [0.3, 0.4) is 0 Å². The van der Waals surface area contributed by atoms with E-state index in [0.29, 0.717) is 9.79 Å². The summed E-state index contributed by atoms with van der Waals surface area (Å²) in [5.74, 6) is 1.21. The Bertz CT molecular complexity index is 8270. The van der Waals surface area contributed by atoms with Gasteiger partial charge in [-0.2, -0.15) is 0 Å². The van der Waals surface area contributed by atoms with Crippen molar-refractivity contribution in [3.8, 4) is 112 Å². The Morgan fingerprint density at radius 1 is 0.201 bits per heavy atom. The van der Waals surface area contributed by atoms with Gasteiger partial charge in [-0.25, -0.2) is 8.42 Å². The summed E-state index contributed by atoms with van der Waals surface area (Å²) in [6, 6.07) is 159. The van der Waals surface area contributed by atoms with Crippen molar-refractivity contribution in [3.05, 3.63) is 568 Å². The van der Waals surface area contributed by atoms with Gasteiger partial charge in [-0.3, -0.25) is 9.78 Å². The number of hydrogen-bond donors (Lipinski definition) is 0. The van der Waals surface area contributed by atoms with E-state index in [4.69, 9.17) is 4.42 Å². The lowest BCUT2D eigenvalue weighted by Gasteiger charge is -2.19. The van der Waals surface area contributed by atoms with E-state index in [1.54, 1.807) is 30.5 Å². The predicted molar refractivity (Wildman–Crippen MR) is 571 cm³/mol. The van der Waals surface area contributed by atoms with Crippen molar-refractivity contribution < 1.29 is 17.6 Å². The Morgan fingerprint density at radius 3 is 0.950 bits per heavy atom. The maximum absolute atomic E-state index is 12.1. The Hall–Kier alpha value is -16.8. The number of nitrogens with zero attached hydrogens (tertiary/aromatic N) is 1. The molecule has 5 nitrogen and oxygen atoms in total. The second kappa shape index (κ2) is 36.8. The van der Waals surface area contributed by atoms with Crippen LogP contribution in [0.1, 0.15) is 105 Å². The summed E-state index contributed by atoms with van der Waals surface area (Å²) in [5.41, 5.74) is 49.4. The molecule has 6 heteroatoms. The maximum atomic E-state index is 12.1. The molecule has 139 heavy (non-hydrogen) atoms. The van der Waals surface area contributed by atoms with E-state index in [1.165, 1.54) is 212 Å². The van der Waals surface area contributed by atoms with E-state index in [0.717, 1.165) is 89.8 Å². The van der Waals surface area contributed by atoms with Crippen molar-refractivity contribution in [1.29, 1.82) is 0 Å². The Morgan fingerprint density at radius 2 is 0.489 bits per heavy atom. The zero-order chi connectivity index (χ0) is 92.9. The molecule has 0 spiro atoms. The van der Waals surface area contributed by atoms with Crippen molar-refractivity contribution >= 4 is 47.9 Å². The summed E-state index contributed by atoms with van der Waals surface area (Å²) < 4.78 is 29.6. The quantitative estimate of drug-likeness (QED) is 0.151. The second-order valence-corrected chi connectivity index (χ2v) is 38.9. The van der Waals surface area contributed by atoms with Crippen molar-refractivity contribution in [2.75, 3.05) is 0 Å². The van der Waals surface area contributed by atoms with Crippen LogP contribution in [0.2, 0.25) is 0 Å². The van der Waals surface area contributed by atoms with Crippen LogP contribution in [0.4, 0.5) is 0 Å². The van der Waals surface area contributed by atoms with E-state index in [2.05, 4.69) is 357 Å². The van der Waals surface area contributed by atoms with E-state index in [1.807, 2.05) is 85.1 Å². The van der Waals surface area contributed by atoms with E-state index < -0.39 is 9.84 Å². The molecule has 22 aromatic rings. The van der Waals surface area contributed by atoms with E-state index >= 15 is 0 Å². The molecule has 2 aromatic heterocycles. The molecule has 20 aromatic carbocycles. The number of rotatable bonds is 0. The summed E-state index contributed by atoms with van der Waals surface area (Å²) in [5, 5.41) is 8.14. The number of ketones is 1. The Kier molecular flexibility index (Phi) is 22.5. The SMILES string of the molecule is O=C1c2ccccc2-c2ccccc21.O=S1(=O)c2ccccc2-c2ccccc21.c1ccc2c(c1)CCc1ccccc1-2.c1ccc2c(c1)Cc1cc3c(cc1-2)Cc1ccccc1-3.c1ccc2c(c1)Cc1ccc3ccccc3c1-2.c1ccc2c(c1)Cc1ccccc1-2.c1ccc2c(c1)Cc1cccnc1-2.c1ccc2c(c1)Cc1ccoc1-2.c1ccc2c3c(ccc2c1)Cc1ccc2ccccc2c1-3. The summed E-state index contributed by atoms with van der Waals surface area (Å²) in [6.07, 6.45) is 13.5. The lowest BCUT2D eigenvalue weighted by Crippen LogP contribution is -2.02. The highest BCUT2D eigenvalue weighted by Crippen LogP contribution is 2.50. The molecule has 0 fully saturated rings. The zero-order valence-electron chi connectivity index (χ0n) is 76.8. The first-order valence-electron chi connectivity index (χ1n) is 48.2. The number of sulfone groups is 1. The molecule has 0 bridgehead atoms. The van der Waals surface area contributed by atoms with Crippen LogP contribution in [-0.4, -0.2) is 19.2 Å². The minimum absolute atomic E-state index is 0.149. The van der Waals surface area contributed by atoms with Gasteiger partial charge < -0.3 is 4.42 Å². The van der Waals surface area contributed by atoms with Crippen molar-refractivity contribution in [2.45, 2.75) is 67.6 Å². The fourth-order valence-corrected chi connectivity index (χ4v) is 24.1. The zero-order valence-corrected chi connectivity index (χ0v) is 77.6. The van der Waals surface area contributed by atoms with Gasteiger partial charge in [-0.05, 0) is 275 Å². The van der Waals surface area contributed by atoms with Crippen LogP contribution in [0.15, 0.2) is 482 Å². The monoisotopic (exact) mass is 1800 g/mol. The molecule has 0 amide bonds. The van der Waals surface area contributed by atoms with Crippen molar-refractivity contribution in [1.82, 2.24) is 4.98 Å². The molecule has 32 rings (SSSR count). The average Bonchev–Trinajstić information content (AvgIpc) is 1.60. The molecule has 0 saturated carbocycles. The number of carbonyl (C=O) groups is 1. The Balaban J connectivity index is 0.0000000855. The molecular weight excluding hydrogens is 1710 g/mol. The van der Waals surface area contributed by atoms with Crippen LogP contribution >= 0.6 is 0 Å². The fourth-order valence-electron chi connectivity index (χ4n) is 22.4. The molecule has 3 heterocycles. The normalized spacial score (nSPS) is 13.1. The molecule has 0 N–H and O–H groups in total. The van der Waals surface area contributed by atoms with E-state index in [9.17, 15) is 13.2 Å². The molecule has 662 valence electrons. The lowest BCUT2D eigenvalue weighted by molar-refractivity contribution is 0.104. The molecular formula is C133H95NO4S. The number of pyridine rings is 1. The first kappa shape index (κ1) is 85.2. The highest BCUT2D eigenvalue weighted by molar-refractivity contribution is 7.92. The minimum atomic E-state index is -3.26. The van der Waals surface area contributed by atoms with Crippen LogP contribution in [-0.2, 0) is 67.6 Å². The van der Waals surface area contributed by atoms with Gasteiger partial charge in [0.1, 0.15) is 5.76 Å². The molecule has 1 aliphatic heterocycles. The van der Waals surface area contributed by atoms with Gasteiger partial charge in [-0.1, -0.05) is 419 Å². The molecule has 9 aliphatic carbocycles. The summed E-state index contributed by atoms with van der Waals surface area (Å²) >= 11 is 0. The first-order valence-corrected chi connectivity index (χ1v) is 49.7. The van der Waals surface area contributed by atoms with Crippen molar-refractivity contribution in [2.24, 2.45) is 0 Å². The number of aromatic nitrogens is 1. The van der Waals surface area contributed by atoms with Gasteiger partial charge in [0, 0.05) is 58.0 Å². The first-order chi connectivity index (χ1) is 68.6. The predicted octanol–water partition coefficient (Wildman–Crippen LogP) is 32.4. The number of hydrogen-bond acceptors (Lipinski definition) is 5. The number of carbonyl (C=O) groups excluding carboxylic acids is 1. The largest absolute Gasteiger partial charge is 0.464 e. The molecule has 0 saturated heterocycles. The topological polar surface area (TPSA) is 77.2 Å². The number of fused-ring (bicyclic) bond motifs is 36. The third kappa shape index (κ3) is 16.0. The van der Waals surface area contributed by atoms with Gasteiger partial charge in [0.25, 0.3) is 0 Å². The lowest BCUT2D eigenvalue weighted by atomic mass is 9.86. The highest BCUT2D eigenvalue weighted by Gasteiger charge is 2.34. The molecule has 0 radical (unpaired) electrons. The Labute approximate surface area is 811 Å². The molecule has 0 atom stereocenters. The van der Waals surface area contributed by atoms with Crippen LogP contribution in [0.5, 0.6) is 0 Å². The van der Waals surface area contributed by atoms with Crippen molar-refractivity contribution in [3.63, 3.8) is 0 Å². The van der Waals surface area contributed by atoms with Gasteiger partial charge in [0.15, 0.2) is 5.78 Å². The second-order valence-electron chi connectivity index (χ2n) is 37.0. The number of aryl methyl sites for hydroxylation is 2. The van der Waals surface area contributed by atoms with Gasteiger partial charge in [0.05, 0.1) is 21.7 Å². The molecule has 10 aliphatic rings. The fraction of sp³-hybridized carbons (Fsp3) is 0.0677. The maximum Gasteiger partial charge on any atom is 0.207 e. The van der Waals surface area contributed by atoms with Crippen LogP contribution in [0.25, 0.3) is 144 Å². The minimum Gasteiger partial charge on any atom is -0.464 e. The smallest absolute Gasteiger partial charge is 0.207 e. The standard InChI is InChI=1S/C21H14.C20H14.C17H12.C14H12.C13H8O.C13H10.C12H9N.C12H8O2S.C11H8O/c1-3-7-18-14(5-1)9-11-16-13-17-12-10-15-6-2-4-8-19(15)21(17)20(16)18;1-3-7-17-13(5-1)9-15-11-20-16(12-19(15)17)10-14-6-2-4-8-18(14)20;1-3-7-15-12(5-1)9-10-14-11-13-6-2-4-8-16(13)17(14)15;1-3-7-13-11(5-1)9-10-12-6-2-4-8-14(12)13;14-13-11-7-3-1-5-9(11)10-6-2-4-8-12(10)13;1-3-7-12-10(5-1)9-11-6-2-4-8-13(11)12;1-2-6-11-9(4-1)8-10-5-3-7-13-12(10)11;13-15(14)11-7-3-1-5-9(11)10-6-2-4-8-12(10)15;1-2-4-10-8(3-1)7-9-5-6-12-11(9)10/h1-12H,13H2;1-8,11-12H,9-10H2;1-10H,11H2;1-8H,9-10H2;1-8H;1-8H,9H2;1-7H,8H2;1-8H;1-6H,7H2. The van der Waals surface area contributed by atoms with Gasteiger partial charge >= 0.3 is 0 Å². The summed E-state index contributed by atoms with van der Waals surface area (Å²) in [4.78, 5) is 17.1. The third-order valence-electron chi connectivity index (χ3n) is 29.0. The highest BCUT2D eigenvalue weighted by atomic mass is 32.2. The van der Waals surface area contributed by atoms with Gasteiger partial charge in [0.2, 0.25) is 9.84 Å². The summed E-state index contributed by atoms with van der Waals surface area (Å²) in [6.45, 7) is 0. The average molecular weight is 1800 g/mol.